The molecule has 37 heavy (non-hydrogen) atoms. The number of benzene rings is 1. The molecule has 1 spiro atoms. The van der Waals surface area contributed by atoms with Gasteiger partial charge in [0.25, 0.3) is 0 Å². The summed E-state index contributed by atoms with van der Waals surface area (Å²) in [6.07, 6.45) is 9.54. The fraction of sp³-hybridized carbons (Fsp3) is 0.774. The van der Waals surface area contributed by atoms with Crippen molar-refractivity contribution >= 4 is 6.09 Å². The molecule has 5 atom stereocenters. The maximum absolute atomic E-state index is 13.7. The second-order valence-corrected chi connectivity index (χ2v) is 12.3. The number of ether oxygens (including phenoxy) is 2. The average molecular weight is 518 g/mol. The maximum atomic E-state index is 13.7. The highest BCUT2D eigenvalue weighted by Gasteiger charge is 2.56. The quantitative estimate of drug-likeness (QED) is 0.305. The van der Waals surface area contributed by atoms with Crippen molar-refractivity contribution < 1.29 is 24.5 Å². The third-order valence-electron chi connectivity index (χ3n) is 8.20. The second kappa shape index (κ2) is 14.0. The van der Waals surface area contributed by atoms with Crippen LogP contribution < -0.4 is 0 Å². The van der Waals surface area contributed by atoms with E-state index in [1.807, 2.05) is 56.0 Å². The number of likely N-dealkylation sites (tertiary alicyclic amines) is 1. The third-order valence-corrected chi connectivity index (χ3v) is 8.20. The molecule has 1 heterocycles. The number of aliphatic hydroxyl groups is 2. The van der Waals surface area contributed by atoms with Crippen LogP contribution in [0.4, 0.5) is 4.79 Å². The van der Waals surface area contributed by atoms with Crippen molar-refractivity contribution in [2.75, 3.05) is 6.61 Å². The molecule has 2 fully saturated rings. The van der Waals surface area contributed by atoms with Crippen LogP contribution >= 0.6 is 0 Å². The van der Waals surface area contributed by atoms with E-state index in [1.165, 1.54) is 12.8 Å². The Bertz CT molecular complexity index is 810. The number of unbranched alkanes of at least 4 members (excludes halogenated alkanes) is 3. The van der Waals surface area contributed by atoms with Crippen molar-refractivity contribution in [1.29, 1.82) is 0 Å². The van der Waals surface area contributed by atoms with Crippen LogP contribution in [-0.4, -0.2) is 57.2 Å². The molecule has 1 amide bonds. The highest BCUT2D eigenvalue weighted by atomic mass is 16.6. The Kier molecular flexibility index (Phi) is 11.3. The first kappa shape index (κ1) is 29.9. The summed E-state index contributed by atoms with van der Waals surface area (Å²) < 4.78 is 12.1. The second-order valence-electron chi connectivity index (χ2n) is 12.3. The largest absolute Gasteiger partial charge is 0.444 e. The van der Waals surface area contributed by atoms with Crippen LogP contribution in [0.25, 0.3) is 0 Å². The lowest BCUT2D eigenvalue weighted by Gasteiger charge is -2.50. The zero-order valence-corrected chi connectivity index (χ0v) is 23.7. The summed E-state index contributed by atoms with van der Waals surface area (Å²) in [6, 6.07) is 9.99. The Balaban J connectivity index is 1.74. The van der Waals surface area contributed by atoms with Crippen LogP contribution in [0.3, 0.4) is 0 Å². The van der Waals surface area contributed by atoms with Gasteiger partial charge in [-0.25, -0.2) is 4.79 Å². The van der Waals surface area contributed by atoms with Crippen LogP contribution in [0.1, 0.15) is 110 Å². The van der Waals surface area contributed by atoms with Gasteiger partial charge in [0.15, 0.2) is 0 Å². The molecule has 0 bridgehead atoms. The summed E-state index contributed by atoms with van der Waals surface area (Å²) in [5, 5.41) is 22.1. The fourth-order valence-electron chi connectivity index (χ4n) is 6.49. The Labute approximate surface area is 224 Å². The van der Waals surface area contributed by atoms with Gasteiger partial charge in [-0.2, -0.15) is 0 Å². The summed E-state index contributed by atoms with van der Waals surface area (Å²) in [5.41, 5.74) is 0.0501. The van der Waals surface area contributed by atoms with Gasteiger partial charge in [0.1, 0.15) is 5.60 Å². The lowest BCUT2D eigenvalue weighted by atomic mass is 9.68. The molecule has 0 unspecified atom stereocenters. The molecule has 1 saturated heterocycles. The van der Waals surface area contributed by atoms with E-state index in [-0.39, 0.29) is 18.1 Å². The predicted octanol–water partition coefficient (Wildman–Crippen LogP) is 6.61. The van der Waals surface area contributed by atoms with Gasteiger partial charge in [0.05, 0.1) is 37.0 Å². The topological polar surface area (TPSA) is 79.2 Å². The van der Waals surface area contributed by atoms with E-state index in [9.17, 15) is 15.0 Å². The summed E-state index contributed by atoms with van der Waals surface area (Å²) in [5.74, 6) is -0.0711. The van der Waals surface area contributed by atoms with Gasteiger partial charge in [-0.15, -0.1) is 0 Å². The van der Waals surface area contributed by atoms with Crippen molar-refractivity contribution in [3.8, 4) is 0 Å². The van der Waals surface area contributed by atoms with Gasteiger partial charge in [-0.1, -0.05) is 75.8 Å². The summed E-state index contributed by atoms with van der Waals surface area (Å²) in [6.45, 7) is 8.83. The van der Waals surface area contributed by atoms with Gasteiger partial charge in [-0.3, -0.25) is 4.90 Å². The molecule has 6 nitrogen and oxygen atoms in total. The van der Waals surface area contributed by atoms with Crippen molar-refractivity contribution in [2.24, 2.45) is 5.92 Å². The van der Waals surface area contributed by atoms with Gasteiger partial charge < -0.3 is 19.7 Å². The summed E-state index contributed by atoms with van der Waals surface area (Å²) in [7, 11) is 0. The monoisotopic (exact) mass is 517 g/mol. The standard InChI is InChI=1S/C31H51NO5/c1-5-6-7-11-16-26(33)21-28(34)27-17-12-13-19-31(27)20-18-25(32(31)29(35)37-30(2,3)4)23-36-22-24-14-9-8-10-15-24/h8-10,14-15,25-28,33-34H,5-7,11-13,16-23H2,1-4H3/t25-,26-,27-,28-,31-/m0/s1. The van der Waals surface area contributed by atoms with E-state index >= 15 is 0 Å². The zero-order chi connectivity index (χ0) is 26.9. The number of aliphatic hydroxyl groups excluding tert-OH is 2. The lowest BCUT2D eigenvalue weighted by Crippen LogP contribution is -2.60. The first-order valence-corrected chi connectivity index (χ1v) is 14.7. The number of hydrogen-bond acceptors (Lipinski definition) is 5. The Morgan fingerprint density at radius 3 is 2.54 bits per heavy atom. The Hall–Kier alpha value is -1.63. The van der Waals surface area contributed by atoms with Crippen molar-refractivity contribution in [1.82, 2.24) is 4.90 Å². The molecule has 1 aliphatic heterocycles. The zero-order valence-electron chi connectivity index (χ0n) is 23.7. The molecule has 3 rings (SSSR count). The van der Waals surface area contributed by atoms with Gasteiger partial charge in [-0.05, 0) is 64.9 Å². The molecule has 1 saturated carbocycles. The maximum Gasteiger partial charge on any atom is 0.411 e. The molecular formula is C31H51NO5. The third kappa shape index (κ3) is 8.43. The smallest absolute Gasteiger partial charge is 0.411 e. The van der Waals surface area contributed by atoms with Crippen molar-refractivity contribution in [3.63, 3.8) is 0 Å². The molecule has 0 radical (unpaired) electrons. The molecule has 1 aromatic rings. The molecular weight excluding hydrogens is 466 g/mol. The van der Waals surface area contributed by atoms with E-state index in [0.717, 1.165) is 63.4 Å². The Morgan fingerprint density at radius 1 is 1.08 bits per heavy atom. The Morgan fingerprint density at radius 2 is 1.84 bits per heavy atom. The minimum Gasteiger partial charge on any atom is -0.444 e. The minimum atomic E-state index is -0.643. The molecule has 1 aromatic carbocycles. The predicted molar refractivity (Wildman–Crippen MR) is 147 cm³/mol. The van der Waals surface area contributed by atoms with Crippen molar-refractivity contribution in [2.45, 2.75) is 141 Å². The first-order valence-electron chi connectivity index (χ1n) is 14.7. The molecule has 0 aromatic heterocycles. The summed E-state index contributed by atoms with van der Waals surface area (Å²) >= 11 is 0. The van der Waals surface area contributed by atoms with E-state index in [0.29, 0.717) is 19.6 Å². The lowest BCUT2D eigenvalue weighted by molar-refractivity contribution is -0.0760. The van der Waals surface area contributed by atoms with E-state index in [2.05, 4.69) is 6.92 Å². The van der Waals surface area contributed by atoms with Gasteiger partial charge in [0, 0.05) is 5.92 Å². The number of nitrogens with zero attached hydrogens (tertiary/aromatic N) is 1. The average Bonchev–Trinajstić information content (AvgIpc) is 3.19. The van der Waals surface area contributed by atoms with Crippen LogP contribution in [0, 0.1) is 5.92 Å². The number of carbonyl (C=O) groups excluding carboxylic acids is 1. The number of rotatable bonds is 12. The van der Waals surface area contributed by atoms with Crippen LogP contribution in [-0.2, 0) is 16.1 Å². The van der Waals surface area contributed by atoms with Crippen LogP contribution in [0.5, 0.6) is 0 Å². The van der Waals surface area contributed by atoms with Crippen LogP contribution in [0.15, 0.2) is 30.3 Å². The molecule has 210 valence electrons. The molecule has 2 N–H and O–H groups in total. The van der Waals surface area contributed by atoms with E-state index < -0.39 is 23.3 Å². The number of hydrogen-bond donors (Lipinski definition) is 2. The fourth-order valence-corrected chi connectivity index (χ4v) is 6.49. The SMILES string of the molecule is CCCCCC[C@H](O)C[C@H](O)[C@@H]1CCCC[C@]12CC[C@@H](COCc1ccccc1)N2C(=O)OC(C)(C)C. The first-order chi connectivity index (χ1) is 17.7. The molecule has 1 aliphatic carbocycles. The van der Waals surface area contributed by atoms with Gasteiger partial charge in [0.2, 0.25) is 0 Å². The normalized spacial score (nSPS) is 25.8. The summed E-state index contributed by atoms with van der Waals surface area (Å²) in [4.78, 5) is 15.6. The molecule has 2 aliphatic rings. The number of carbonyl (C=O) groups is 1. The van der Waals surface area contributed by atoms with Gasteiger partial charge >= 0.3 is 6.09 Å². The minimum absolute atomic E-state index is 0.0711. The van der Waals surface area contributed by atoms with Crippen LogP contribution in [0.2, 0.25) is 0 Å². The highest BCUT2D eigenvalue weighted by Crippen LogP contribution is 2.50. The highest BCUT2D eigenvalue weighted by molar-refractivity contribution is 5.70. The number of amides is 1. The van der Waals surface area contributed by atoms with Crippen molar-refractivity contribution in [3.05, 3.63) is 35.9 Å². The van der Waals surface area contributed by atoms with E-state index in [1.54, 1.807) is 0 Å². The van der Waals surface area contributed by atoms with E-state index in [4.69, 9.17) is 9.47 Å². The molecule has 6 heteroatoms.